The summed E-state index contributed by atoms with van der Waals surface area (Å²) in [4.78, 5) is 7.07. The van der Waals surface area contributed by atoms with Crippen LogP contribution in [0, 0.1) is 0 Å². The Kier molecular flexibility index (Phi) is 8.79. The van der Waals surface area contributed by atoms with Gasteiger partial charge in [-0.3, -0.25) is 0 Å². The minimum Gasteiger partial charge on any atom is -0.455 e. The van der Waals surface area contributed by atoms with Crippen LogP contribution in [0.3, 0.4) is 0 Å². The molecule has 0 aliphatic rings. The van der Waals surface area contributed by atoms with E-state index in [1.165, 1.54) is 10.8 Å². The van der Waals surface area contributed by atoms with Gasteiger partial charge in [0.2, 0.25) is 0 Å². The molecular formula is C56H39N3O. The van der Waals surface area contributed by atoms with Gasteiger partial charge in [0, 0.05) is 56.0 Å². The SMILES string of the molecule is c1ccc(N(c2ccccc2)c2cccc(N(c3ccccc3)c3ccccc3N(c3ccccc3)c3ccc4c5ccccc5c5oc6ccccc6c5c4c3)c2)cc1. The minimum absolute atomic E-state index is 0.889. The number of para-hydroxylation sites is 7. The summed E-state index contributed by atoms with van der Waals surface area (Å²) >= 11 is 0. The van der Waals surface area contributed by atoms with Crippen molar-refractivity contribution in [3.8, 4) is 0 Å². The molecular weight excluding hydrogens is 731 g/mol. The van der Waals surface area contributed by atoms with Crippen LogP contribution in [0.5, 0.6) is 0 Å². The van der Waals surface area contributed by atoms with Gasteiger partial charge in [0.1, 0.15) is 11.2 Å². The van der Waals surface area contributed by atoms with Gasteiger partial charge in [-0.1, -0.05) is 140 Å². The summed E-state index contributed by atoms with van der Waals surface area (Å²) in [7, 11) is 0. The molecule has 0 saturated heterocycles. The highest BCUT2D eigenvalue weighted by molar-refractivity contribution is 6.30. The molecule has 4 nitrogen and oxygen atoms in total. The predicted molar refractivity (Wildman–Crippen MR) is 253 cm³/mol. The summed E-state index contributed by atoms with van der Waals surface area (Å²) in [5.74, 6) is 0. The molecule has 0 atom stereocenters. The number of fused-ring (bicyclic) bond motifs is 8. The molecule has 1 heterocycles. The lowest BCUT2D eigenvalue weighted by Crippen LogP contribution is -2.17. The maximum Gasteiger partial charge on any atom is 0.143 e. The smallest absolute Gasteiger partial charge is 0.143 e. The van der Waals surface area contributed by atoms with Gasteiger partial charge in [-0.2, -0.15) is 0 Å². The van der Waals surface area contributed by atoms with Crippen molar-refractivity contribution in [2.75, 3.05) is 14.7 Å². The van der Waals surface area contributed by atoms with Gasteiger partial charge in [0.15, 0.2) is 0 Å². The maximum atomic E-state index is 6.65. The molecule has 0 saturated carbocycles. The number of hydrogen-bond acceptors (Lipinski definition) is 4. The van der Waals surface area contributed by atoms with Gasteiger partial charge in [-0.15, -0.1) is 0 Å². The molecule has 0 amide bonds. The Morgan fingerprint density at radius 1 is 0.250 bits per heavy atom. The van der Waals surface area contributed by atoms with Crippen molar-refractivity contribution in [1.29, 1.82) is 0 Å². The van der Waals surface area contributed by atoms with Crippen LogP contribution < -0.4 is 14.7 Å². The minimum atomic E-state index is 0.889. The van der Waals surface area contributed by atoms with E-state index in [1.807, 2.05) is 6.07 Å². The maximum absolute atomic E-state index is 6.65. The standard InChI is InChI=1S/C56H39N3O/c1-5-20-40(21-6-1)57(41-22-7-2-8-23-41)44-28-19-29-45(38-44)58(42-24-9-3-10-25-42)52-33-16-17-34-53(52)59(43-26-11-4-12-27-43)46-36-37-48-47-30-13-14-31-49(47)56-55(51(48)39-46)50-32-15-18-35-54(50)60-56/h1-39H. The average Bonchev–Trinajstić information content (AvgIpc) is 3.72. The Hall–Kier alpha value is -8.08. The second-order valence-corrected chi connectivity index (χ2v) is 14.9. The number of nitrogens with zero attached hydrogens (tertiary/aromatic N) is 3. The first-order valence-electron chi connectivity index (χ1n) is 20.4. The van der Waals surface area contributed by atoms with Gasteiger partial charge in [-0.05, 0) is 113 Å². The van der Waals surface area contributed by atoms with Gasteiger partial charge < -0.3 is 19.1 Å². The number of rotatable bonds is 9. The van der Waals surface area contributed by atoms with E-state index < -0.39 is 0 Å². The Labute approximate surface area is 349 Å². The van der Waals surface area contributed by atoms with Crippen molar-refractivity contribution in [3.63, 3.8) is 0 Å². The van der Waals surface area contributed by atoms with E-state index in [-0.39, 0.29) is 0 Å². The molecule has 60 heavy (non-hydrogen) atoms. The van der Waals surface area contributed by atoms with Crippen molar-refractivity contribution in [2.24, 2.45) is 0 Å². The molecule has 4 heteroatoms. The summed E-state index contributed by atoms with van der Waals surface area (Å²) < 4.78 is 6.65. The highest BCUT2D eigenvalue weighted by Gasteiger charge is 2.24. The van der Waals surface area contributed by atoms with E-state index in [9.17, 15) is 0 Å². The summed E-state index contributed by atoms with van der Waals surface area (Å²) in [6.45, 7) is 0. The zero-order valence-electron chi connectivity index (χ0n) is 32.8. The molecule has 11 rings (SSSR count). The van der Waals surface area contributed by atoms with Crippen LogP contribution in [0.2, 0.25) is 0 Å². The number of furan rings is 1. The van der Waals surface area contributed by atoms with Crippen LogP contribution in [0.15, 0.2) is 241 Å². The number of benzene rings is 10. The Bertz CT molecular complexity index is 3230. The molecule has 10 aromatic carbocycles. The average molecular weight is 770 g/mol. The zero-order valence-corrected chi connectivity index (χ0v) is 32.8. The molecule has 0 N–H and O–H groups in total. The summed E-state index contributed by atoms with van der Waals surface area (Å²) in [5.41, 5.74) is 11.3. The van der Waals surface area contributed by atoms with E-state index in [0.29, 0.717) is 0 Å². The van der Waals surface area contributed by atoms with Crippen molar-refractivity contribution in [3.05, 3.63) is 237 Å². The van der Waals surface area contributed by atoms with Crippen molar-refractivity contribution < 1.29 is 4.42 Å². The van der Waals surface area contributed by atoms with Crippen molar-refractivity contribution in [1.82, 2.24) is 0 Å². The fraction of sp³-hybridized carbons (Fsp3) is 0. The highest BCUT2D eigenvalue weighted by atomic mass is 16.3. The topological polar surface area (TPSA) is 22.9 Å². The van der Waals surface area contributed by atoms with E-state index in [1.54, 1.807) is 0 Å². The van der Waals surface area contributed by atoms with E-state index in [4.69, 9.17) is 4.42 Å². The van der Waals surface area contributed by atoms with Gasteiger partial charge in [0.25, 0.3) is 0 Å². The van der Waals surface area contributed by atoms with Crippen molar-refractivity contribution >= 4 is 94.7 Å². The third-order valence-corrected chi connectivity index (χ3v) is 11.4. The fourth-order valence-electron chi connectivity index (χ4n) is 8.76. The molecule has 284 valence electrons. The molecule has 0 unspecified atom stereocenters. The summed E-state index contributed by atoms with van der Waals surface area (Å²) in [5, 5.41) is 6.88. The van der Waals surface area contributed by atoms with E-state index in [2.05, 4.69) is 245 Å². The molecule has 0 spiro atoms. The summed E-state index contributed by atoms with van der Waals surface area (Å²) in [6.07, 6.45) is 0. The largest absolute Gasteiger partial charge is 0.455 e. The van der Waals surface area contributed by atoms with Gasteiger partial charge in [0.05, 0.1) is 11.4 Å². The molecule has 1 aromatic heterocycles. The lowest BCUT2D eigenvalue weighted by molar-refractivity contribution is 0.673. The molecule has 0 radical (unpaired) electrons. The molecule has 0 aliphatic carbocycles. The normalized spacial score (nSPS) is 11.3. The highest BCUT2D eigenvalue weighted by Crippen LogP contribution is 2.49. The molecule has 0 aliphatic heterocycles. The van der Waals surface area contributed by atoms with Crippen LogP contribution in [0.1, 0.15) is 0 Å². The van der Waals surface area contributed by atoms with Crippen molar-refractivity contribution in [2.45, 2.75) is 0 Å². The molecule has 0 fully saturated rings. The van der Waals surface area contributed by atoms with Gasteiger partial charge in [-0.25, -0.2) is 0 Å². The van der Waals surface area contributed by atoms with Gasteiger partial charge >= 0.3 is 0 Å². The third kappa shape index (κ3) is 6.10. The Balaban J connectivity index is 1.14. The second kappa shape index (κ2) is 15.0. The number of anilines is 9. The van der Waals surface area contributed by atoms with E-state index >= 15 is 0 Å². The first-order valence-corrected chi connectivity index (χ1v) is 20.4. The third-order valence-electron chi connectivity index (χ3n) is 11.4. The molecule has 0 bridgehead atoms. The predicted octanol–water partition coefficient (Wildman–Crippen LogP) is 16.3. The Morgan fingerprint density at radius 3 is 1.22 bits per heavy atom. The van der Waals surface area contributed by atoms with Crippen LogP contribution in [-0.4, -0.2) is 0 Å². The zero-order chi connectivity index (χ0) is 39.8. The first-order chi connectivity index (χ1) is 29.8. The molecule has 11 aromatic rings. The lowest BCUT2D eigenvalue weighted by Gasteiger charge is -2.34. The first kappa shape index (κ1) is 35.1. The number of hydrogen-bond donors (Lipinski definition) is 0. The monoisotopic (exact) mass is 769 g/mol. The van der Waals surface area contributed by atoms with Crippen LogP contribution in [0.4, 0.5) is 51.2 Å². The second-order valence-electron chi connectivity index (χ2n) is 14.9. The van der Waals surface area contributed by atoms with Crippen LogP contribution >= 0.6 is 0 Å². The van der Waals surface area contributed by atoms with Crippen LogP contribution in [-0.2, 0) is 0 Å². The Morgan fingerprint density at radius 2 is 0.650 bits per heavy atom. The quantitative estimate of drug-likeness (QED) is 0.136. The lowest BCUT2D eigenvalue weighted by atomic mass is 9.96. The van der Waals surface area contributed by atoms with Crippen LogP contribution in [0.25, 0.3) is 43.5 Å². The fourth-order valence-corrected chi connectivity index (χ4v) is 8.76. The van der Waals surface area contributed by atoms with E-state index in [0.717, 1.165) is 83.9 Å². The summed E-state index contributed by atoms with van der Waals surface area (Å²) in [6, 6.07) is 83.9.